The molecule has 0 saturated carbocycles. The van der Waals surface area contributed by atoms with Crippen LogP contribution in [0.1, 0.15) is 101 Å². The lowest BCUT2D eigenvalue weighted by atomic mass is 9.99. The number of likely N-dealkylation sites (tertiary alicyclic amines) is 2. The number of amides is 14. The zero-order valence-corrected chi connectivity index (χ0v) is 60.5. The number of rotatable bonds is 43. The molecule has 2 aliphatic rings. The molecule has 40 nitrogen and oxygen atoms in total. The van der Waals surface area contributed by atoms with Crippen LogP contribution in [-0.2, 0) is 96.0 Å². The number of carbonyl (C=O) groups excluding carboxylic acids is 14. The van der Waals surface area contributed by atoms with Crippen molar-refractivity contribution in [2.75, 3.05) is 39.4 Å². The zero-order chi connectivity index (χ0) is 80.5. The van der Waals surface area contributed by atoms with E-state index in [4.69, 9.17) is 22.9 Å². The fraction of sp³-hybridized carbons (Fsp3) is 0.500. The molecule has 2 fully saturated rings. The number of hydrogen-bond acceptors (Lipinski definition) is 21. The van der Waals surface area contributed by atoms with Gasteiger partial charge in [-0.25, -0.2) is 9.78 Å². The van der Waals surface area contributed by atoms with E-state index in [1.54, 1.807) is 36.7 Å². The van der Waals surface area contributed by atoms with Gasteiger partial charge in [0.25, 0.3) is 0 Å². The minimum atomic E-state index is -1.93. The molecule has 7 rings (SSSR count). The van der Waals surface area contributed by atoms with Crippen LogP contribution >= 0.6 is 0 Å². The molecule has 40 heteroatoms. The number of carboxylic acid groups (broad SMARTS) is 2. The molecule has 2 aliphatic heterocycles. The predicted octanol–water partition coefficient (Wildman–Crippen LogP) is -6.34. The summed E-state index contributed by atoms with van der Waals surface area (Å²) in [7, 11) is 0. The van der Waals surface area contributed by atoms with Crippen molar-refractivity contribution < 1.29 is 97.1 Å². The Morgan fingerprint density at radius 3 is 1.58 bits per heavy atom. The molecule has 0 aliphatic carbocycles. The van der Waals surface area contributed by atoms with E-state index in [1.807, 2.05) is 24.3 Å². The van der Waals surface area contributed by atoms with Crippen LogP contribution in [0, 0.1) is 5.92 Å². The third-order valence-electron chi connectivity index (χ3n) is 18.7. The van der Waals surface area contributed by atoms with E-state index in [1.165, 1.54) is 31.3 Å². The Morgan fingerprint density at radius 1 is 0.536 bits per heavy atom. The minimum Gasteiger partial charge on any atom is -0.481 e. The number of unbranched alkanes of at least 4 members (excludes halogenated alkanes) is 1. The molecular weight excluding hydrogens is 1440 g/mol. The monoisotopic (exact) mass is 1540 g/mol. The van der Waals surface area contributed by atoms with Gasteiger partial charge in [-0.3, -0.25) is 71.9 Å². The van der Waals surface area contributed by atoms with Crippen molar-refractivity contribution in [2.45, 2.75) is 176 Å². The van der Waals surface area contributed by atoms with Crippen LogP contribution in [0.15, 0.2) is 73.4 Å². The molecule has 14 amide bonds. The number of nitrogens with two attached hydrogens (primary N) is 4. The van der Waals surface area contributed by atoms with Crippen molar-refractivity contribution in [1.82, 2.24) is 82.9 Å². The van der Waals surface area contributed by atoms with E-state index >= 15 is 0 Å². The summed E-state index contributed by atoms with van der Waals surface area (Å²) in [6.45, 7) is 0.0901. The highest BCUT2D eigenvalue weighted by Crippen LogP contribution is 2.25. The van der Waals surface area contributed by atoms with E-state index < -0.39 is 212 Å². The summed E-state index contributed by atoms with van der Waals surface area (Å²) >= 11 is 0. The number of aliphatic hydroxyl groups is 2. The molecule has 5 aromatic rings. The average molecular weight is 1540 g/mol. The third kappa shape index (κ3) is 24.0. The van der Waals surface area contributed by atoms with Gasteiger partial charge < -0.3 is 121 Å². The number of aromatic amines is 3. The summed E-state index contributed by atoms with van der Waals surface area (Å²) in [4.78, 5) is 231. The molecule has 12 atom stereocenters. The van der Waals surface area contributed by atoms with Gasteiger partial charge in [0, 0.05) is 78.4 Å². The fourth-order valence-corrected chi connectivity index (χ4v) is 12.9. The predicted molar refractivity (Wildman–Crippen MR) is 388 cm³/mol. The first-order valence-electron chi connectivity index (χ1n) is 35.8. The molecule has 110 heavy (non-hydrogen) atoms. The normalized spacial score (nSPS) is 16.8. The summed E-state index contributed by atoms with van der Waals surface area (Å²) in [6, 6.07) is -4.21. The van der Waals surface area contributed by atoms with Crippen molar-refractivity contribution in [1.29, 1.82) is 0 Å². The smallest absolute Gasteiger partial charge is 0.326 e. The maximum Gasteiger partial charge on any atom is 0.326 e. The maximum atomic E-state index is 14.8. The second-order valence-corrected chi connectivity index (χ2v) is 27.2. The van der Waals surface area contributed by atoms with Crippen LogP contribution in [0.25, 0.3) is 21.8 Å². The minimum absolute atomic E-state index is 0.0335. The highest BCUT2D eigenvalue weighted by molar-refractivity contribution is 6.01. The van der Waals surface area contributed by atoms with Gasteiger partial charge in [0.05, 0.1) is 45.0 Å². The molecule has 5 heterocycles. The Kier molecular flexibility index (Phi) is 31.7. The van der Waals surface area contributed by atoms with Crippen LogP contribution in [0.2, 0.25) is 0 Å². The highest BCUT2D eigenvalue weighted by atomic mass is 16.4. The van der Waals surface area contributed by atoms with Crippen LogP contribution in [-0.4, -0.2) is 257 Å². The number of nitrogens with one attached hydrogen (secondary N) is 13. The van der Waals surface area contributed by atoms with Gasteiger partial charge in [0.2, 0.25) is 82.7 Å². The van der Waals surface area contributed by atoms with Crippen molar-refractivity contribution in [2.24, 2.45) is 28.9 Å². The lowest BCUT2D eigenvalue weighted by Gasteiger charge is -2.29. The Labute approximate surface area is 628 Å². The number of nitrogens with zero attached hydrogens (tertiary/aromatic N) is 3. The van der Waals surface area contributed by atoms with Gasteiger partial charge in [-0.15, -0.1) is 0 Å². The topological polar surface area (TPSA) is 645 Å². The Hall–Kier alpha value is -11.9. The van der Waals surface area contributed by atoms with Crippen molar-refractivity contribution >= 4 is 116 Å². The number of carbonyl (C=O) groups is 16. The number of para-hydroxylation sites is 2. The number of benzene rings is 2. The Morgan fingerprint density at radius 2 is 1.04 bits per heavy atom. The van der Waals surface area contributed by atoms with Gasteiger partial charge in [-0.1, -0.05) is 50.2 Å². The Balaban J connectivity index is 1.01. The molecule has 0 radical (unpaired) electrons. The number of primary amides is 2. The molecule has 596 valence electrons. The summed E-state index contributed by atoms with van der Waals surface area (Å²) in [5, 5.41) is 65.9. The SMILES string of the molecule is CC(C)[C@H](NC(=O)[C@H](CO)NC(=O)[C@H](CCCCN)NC(=O)[C@H](CCC(N)=O)NC(=O)[C@@H]1CCCN1C(=O)[C@@H](N)Cc1c[nH]c2ccccc12)C(=O)N[C@@H](Cc1c[nH]c2ccccc12)C(=O)N[C@@H](Cc1cnc[nH]1)C(=O)NCC(=O)N[C@@H](CO)C(=O)N[C@@H](CC(=O)O)C(=O)N1CCC[C@H]1C(=O)N[C@@H](CC(N)=O)C(=O)O. The van der Waals surface area contributed by atoms with Crippen LogP contribution < -0.4 is 76.1 Å². The molecule has 0 bridgehead atoms. The number of fused-ring (bicyclic) bond motifs is 2. The summed E-state index contributed by atoms with van der Waals surface area (Å²) in [6.07, 6.45) is 4.10. The van der Waals surface area contributed by atoms with Gasteiger partial charge in [0.1, 0.15) is 66.5 Å². The molecule has 0 spiro atoms. The number of aliphatic hydroxyl groups excluding tert-OH is 2. The lowest BCUT2D eigenvalue weighted by molar-refractivity contribution is -0.147. The molecule has 2 aromatic carbocycles. The van der Waals surface area contributed by atoms with Crippen molar-refractivity contribution in [3.8, 4) is 0 Å². The molecular formula is C70H96N20O20. The van der Waals surface area contributed by atoms with E-state index in [2.05, 4.69) is 73.1 Å². The average Bonchev–Trinajstić information content (AvgIpc) is 1.58. The highest BCUT2D eigenvalue weighted by Gasteiger charge is 2.43. The van der Waals surface area contributed by atoms with E-state index in [9.17, 15) is 97.1 Å². The lowest BCUT2D eigenvalue weighted by Crippen LogP contribution is -2.61. The zero-order valence-electron chi connectivity index (χ0n) is 60.5. The van der Waals surface area contributed by atoms with Gasteiger partial charge in [-0.05, 0) is 93.5 Å². The first-order valence-corrected chi connectivity index (χ1v) is 35.8. The van der Waals surface area contributed by atoms with Crippen molar-refractivity contribution in [3.05, 3.63) is 90.3 Å². The van der Waals surface area contributed by atoms with Gasteiger partial charge in [-0.2, -0.15) is 0 Å². The van der Waals surface area contributed by atoms with Gasteiger partial charge in [0.15, 0.2) is 0 Å². The van der Waals surface area contributed by atoms with Crippen LogP contribution in [0.4, 0.5) is 0 Å². The Bertz CT molecular complexity index is 4150. The first kappa shape index (κ1) is 85.3. The standard InChI is InChI=1S/C70H96N20O20/c1-35(2)58(88-64(103)51(33-92)87-60(99)44(15-7-8-20-71)81-61(100)45(18-19-54(73)93)82-65(104)52-16-9-21-89(52)68(107)41(72)23-36-28-76-42-13-5-3-11-39(36)42)67(106)84-46(24-37-29-77-43-14-6-4-12-40(37)43)62(101)83-47(25-38-30-75-34-79-38)59(98)78-31-56(95)80-50(32-91)63(102)85-48(27-57(96)97)69(108)90-22-10-17-53(90)66(105)86-49(70(109)110)26-55(74)94/h3-6,11-14,28-30,34-35,41,44-53,58,76-77,91-92H,7-10,15-27,31-33,71-72H2,1-2H3,(H2,73,93)(H2,74,94)(H,75,79)(H,78,98)(H,80,95)(H,81,100)(H,82,104)(H,83,101)(H,84,106)(H,85,102)(H,86,105)(H,87,99)(H,88,103)(H,96,97)(H,109,110)/t41-,44-,45-,46-,47-,48-,49-,50-,51-,52-,53-,58-/m0/s1. The molecule has 3 aromatic heterocycles. The summed E-state index contributed by atoms with van der Waals surface area (Å²) in [5.41, 5.74) is 25.9. The van der Waals surface area contributed by atoms with E-state index in [-0.39, 0.29) is 83.1 Å². The van der Waals surface area contributed by atoms with Crippen LogP contribution in [0.5, 0.6) is 0 Å². The fourth-order valence-electron chi connectivity index (χ4n) is 12.9. The number of aromatic nitrogens is 4. The van der Waals surface area contributed by atoms with E-state index in [0.29, 0.717) is 29.3 Å². The largest absolute Gasteiger partial charge is 0.481 e. The number of hydrogen-bond donors (Lipinski definition) is 21. The summed E-state index contributed by atoms with van der Waals surface area (Å²) < 4.78 is 0. The maximum absolute atomic E-state index is 14.8. The molecule has 0 unspecified atom stereocenters. The number of aliphatic carboxylic acids is 2. The summed E-state index contributed by atoms with van der Waals surface area (Å²) in [5.74, 6) is -17.8. The molecule has 25 N–H and O–H groups in total. The quantitative estimate of drug-likeness (QED) is 0.0161. The van der Waals surface area contributed by atoms with Crippen LogP contribution in [0.3, 0.4) is 0 Å². The second kappa shape index (κ2) is 40.9. The van der Waals surface area contributed by atoms with Gasteiger partial charge >= 0.3 is 11.9 Å². The number of H-pyrrole nitrogens is 3. The van der Waals surface area contributed by atoms with E-state index in [0.717, 1.165) is 21.4 Å². The second-order valence-electron chi connectivity index (χ2n) is 27.2. The van der Waals surface area contributed by atoms with Crippen molar-refractivity contribution in [3.63, 3.8) is 0 Å². The molecule has 2 saturated heterocycles. The first-order chi connectivity index (χ1) is 52.4. The number of imidazole rings is 1. The number of carboxylic acids is 2. The third-order valence-corrected chi connectivity index (χ3v) is 18.7.